The lowest BCUT2D eigenvalue weighted by atomic mass is 10.2. The Morgan fingerprint density at radius 1 is 1.26 bits per heavy atom. The standard InChI is InChI=1S/C16H14ClFN4S/c1-2-22-15(11-4-3-7-19-9-11)20-21-16(22)23-10-12-5-6-13(18)8-14(12)17/h3-9H,2,10H2,1H3. The average Bonchev–Trinajstić information content (AvgIpc) is 2.98. The van der Waals surface area contributed by atoms with Gasteiger partial charge in [0.2, 0.25) is 0 Å². The summed E-state index contributed by atoms with van der Waals surface area (Å²) < 4.78 is 15.1. The summed E-state index contributed by atoms with van der Waals surface area (Å²) in [6, 6.07) is 8.25. The molecule has 0 N–H and O–H groups in total. The number of benzene rings is 1. The quantitative estimate of drug-likeness (QED) is 0.639. The molecule has 2 heterocycles. The Hall–Kier alpha value is -1.92. The maximum absolute atomic E-state index is 13.1. The largest absolute Gasteiger partial charge is 0.302 e. The summed E-state index contributed by atoms with van der Waals surface area (Å²) in [6.07, 6.45) is 3.49. The van der Waals surface area contributed by atoms with Gasteiger partial charge in [-0.05, 0) is 36.8 Å². The van der Waals surface area contributed by atoms with Crippen LogP contribution in [0.5, 0.6) is 0 Å². The lowest BCUT2D eigenvalue weighted by Crippen LogP contribution is -2.00. The lowest BCUT2D eigenvalue weighted by molar-refractivity contribution is 0.627. The van der Waals surface area contributed by atoms with Crippen LogP contribution in [-0.4, -0.2) is 19.7 Å². The molecule has 7 heteroatoms. The van der Waals surface area contributed by atoms with Gasteiger partial charge in [-0.15, -0.1) is 10.2 Å². The third-order valence-corrected chi connectivity index (χ3v) is 4.69. The van der Waals surface area contributed by atoms with Crippen molar-refractivity contribution in [2.24, 2.45) is 0 Å². The molecule has 0 aliphatic heterocycles. The molecule has 1 aromatic carbocycles. The Morgan fingerprint density at radius 2 is 2.13 bits per heavy atom. The van der Waals surface area contributed by atoms with Gasteiger partial charge in [-0.3, -0.25) is 4.98 Å². The van der Waals surface area contributed by atoms with Gasteiger partial charge in [0.15, 0.2) is 11.0 Å². The summed E-state index contributed by atoms with van der Waals surface area (Å²) in [6.45, 7) is 2.79. The van der Waals surface area contributed by atoms with Gasteiger partial charge < -0.3 is 4.57 Å². The van der Waals surface area contributed by atoms with Gasteiger partial charge in [0.05, 0.1) is 0 Å². The molecule has 3 aromatic rings. The molecule has 0 saturated carbocycles. The van der Waals surface area contributed by atoms with Crippen molar-refractivity contribution in [2.75, 3.05) is 0 Å². The van der Waals surface area contributed by atoms with Crippen LogP contribution in [0.3, 0.4) is 0 Å². The highest BCUT2D eigenvalue weighted by atomic mass is 35.5. The second kappa shape index (κ2) is 7.10. The first kappa shape index (κ1) is 16.0. The van der Waals surface area contributed by atoms with E-state index in [-0.39, 0.29) is 5.82 Å². The number of hydrogen-bond acceptors (Lipinski definition) is 4. The molecular weight excluding hydrogens is 335 g/mol. The Bertz CT molecular complexity index is 807. The van der Waals surface area contributed by atoms with E-state index in [1.54, 1.807) is 18.5 Å². The number of pyridine rings is 1. The predicted octanol–water partition coefficient (Wildman–Crippen LogP) is 4.44. The summed E-state index contributed by atoms with van der Waals surface area (Å²) in [7, 11) is 0. The van der Waals surface area contributed by atoms with Gasteiger partial charge in [0.25, 0.3) is 0 Å². The number of rotatable bonds is 5. The van der Waals surface area contributed by atoms with Gasteiger partial charge in [-0.2, -0.15) is 0 Å². The summed E-state index contributed by atoms with van der Waals surface area (Å²) in [5.41, 5.74) is 1.79. The van der Waals surface area contributed by atoms with Crippen LogP contribution in [0.2, 0.25) is 5.02 Å². The van der Waals surface area contributed by atoms with Crippen LogP contribution in [0.15, 0.2) is 47.9 Å². The van der Waals surface area contributed by atoms with Gasteiger partial charge in [0.1, 0.15) is 5.82 Å². The topological polar surface area (TPSA) is 43.6 Å². The molecule has 0 unspecified atom stereocenters. The lowest BCUT2D eigenvalue weighted by Gasteiger charge is -2.08. The SMILES string of the molecule is CCn1c(SCc2ccc(F)cc2Cl)nnc1-c1cccnc1. The van der Waals surface area contributed by atoms with Gasteiger partial charge in [-0.25, -0.2) is 4.39 Å². The first-order valence-electron chi connectivity index (χ1n) is 7.09. The molecule has 0 saturated heterocycles. The first-order chi connectivity index (χ1) is 11.2. The normalized spacial score (nSPS) is 10.9. The zero-order chi connectivity index (χ0) is 16.2. The molecule has 0 aliphatic rings. The van der Waals surface area contributed by atoms with Gasteiger partial charge in [0, 0.05) is 35.3 Å². The number of thioether (sulfide) groups is 1. The molecule has 3 rings (SSSR count). The molecule has 0 atom stereocenters. The molecule has 0 spiro atoms. The fourth-order valence-electron chi connectivity index (χ4n) is 2.17. The van der Waals surface area contributed by atoms with Crippen molar-refractivity contribution in [1.29, 1.82) is 0 Å². The van der Waals surface area contributed by atoms with Crippen molar-refractivity contribution in [2.45, 2.75) is 24.4 Å². The van der Waals surface area contributed by atoms with Crippen LogP contribution >= 0.6 is 23.4 Å². The van der Waals surface area contributed by atoms with E-state index in [4.69, 9.17) is 11.6 Å². The third-order valence-electron chi connectivity index (χ3n) is 3.32. The molecule has 0 fully saturated rings. The minimum Gasteiger partial charge on any atom is -0.302 e. The molecule has 2 aromatic heterocycles. The van der Waals surface area contributed by atoms with Crippen LogP contribution < -0.4 is 0 Å². The fourth-order valence-corrected chi connectivity index (χ4v) is 3.49. The summed E-state index contributed by atoms with van der Waals surface area (Å²) in [4.78, 5) is 4.12. The fraction of sp³-hybridized carbons (Fsp3) is 0.188. The first-order valence-corrected chi connectivity index (χ1v) is 8.45. The Balaban J connectivity index is 1.82. The van der Waals surface area contributed by atoms with E-state index in [0.717, 1.165) is 28.7 Å². The molecule has 23 heavy (non-hydrogen) atoms. The molecule has 0 bridgehead atoms. The number of nitrogens with zero attached hydrogens (tertiary/aromatic N) is 4. The van der Waals surface area contributed by atoms with E-state index >= 15 is 0 Å². The molecule has 118 valence electrons. The second-order valence-corrected chi connectivity index (χ2v) is 6.17. The Morgan fingerprint density at radius 3 is 2.83 bits per heavy atom. The summed E-state index contributed by atoms with van der Waals surface area (Å²) in [5.74, 6) is 1.05. The van der Waals surface area contributed by atoms with E-state index in [1.165, 1.54) is 23.9 Å². The molecule has 0 amide bonds. The van der Waals surface area contributed by atoms with Crippen molar-refractivity contribution in [3.05, 3.63) is 59.1 Å². The minimum absolute atomic E-state index is 0.334. The molecule has 0 radical (unpaired) electrons. The molecular formula is C16H14ClFN4S. The monoisotopic (exact) mass is 348 g/mol. The van der Waals surface area contributed by atoms with Crippen molar-refractivity contribution in [1.82, 2.24) is 19.7 Å². The minimum atomic E-state index is -0.334. The molecule has 4 nitrogen and oxygen atoms in total. The highest BCUT2D eigenvalue weighted by Gasteiger charge is 2.14. The molecule has 0 aliphatic carbocycles. The zero-order valence-electron chi connectivity index (χ0n) is 12.4. The predicted molar refractivity (Wildman–Crippen MR) is 89.9 cm³/mol. The smallest absolute Gasteiger partial charge is 0.191 e. The van der Waals surface area contributed by atoms with E-state index in [0.29, 0.717) is 10.8 Å². The highest BCUT2D eigenvalue weighted by Crippen LogP contribution is 2.28. The van der Waals surface area contributed by atoms with Gasteiger partial charge >= 0.3 is 0 Å². The Labute approximate surface area is 142 Å². The summed E-state index contributed by atoms with van der Waals surface area (Å²) in [5, 5.41) is 9.74. The maximum Gasteiger partial charge on any atom is 0.191 e. The van der Waals surface area contributed by atoms with Crippen LogP contribution in [0.1, 0.15) is 12.5 Å². The van der Waals surface area contributed by atoms with Crippen LogP contribution in [-0.2, 0) is 12.3 Å². The zero-order valence-corrected chi connectivity index (χ0v) is 14.0. The van der Waals surface area contributed by atoms with E-state index < -0.39 is 0 Å². The number of hydrogen-bond donors (Lipinski definition) is 0. The van der Waals surface area contributed by atoms with Crippen molar-refractivity contribution in [3.8, 4) is 11.4 Å². The van der Waals surface area contributed by atoms with E-state index in [2.05, 4.69) is 15.2 Å². The van der Waals surface area contributed by atoms with Crippen molar-refractivity contribution < 1.29 is 4.39 Å². The van der Waals surface area contributed by atoms with Crippen molar-refractivity contribution in [3.63, 3.8) is 0 Å². The van der Waals surface area contributed by atoms with Crippen LogP contribution in [0.25, 0.3) is 11.4 Å². The van der Waals surface area contributed by atoms with Crippen LogP contribution in [0.4, 0.5) is 4.39 Å². The third kappa shape index (κ3) is 3.54. The number of aromatic nitrogens is 4. The van der Waals surface area contributed by atoms with Crippen molar-refractivity contribution >= 4 is 23.4 Å². The maximum atomic E-state index is 13.1. The van der Waals surface area contributed by atoms with E-state index in [9.17, 15) is 4.39 Å². The Kier molecular flexibility index (Phi) is 4.93. The summed E-state index contributed by atoms with van der Waals surface area (Å²) >= 11 is 7.59. The second-order valence-electron chi connectivity index (χ2n) is 4.82. The van der Waals surface area contributed by atoms with E-state index in [1.807, 2.05) is 23.6 Å². The number of halogens is 2. The average molecular weight is 349 g/mol. The van der Waals surface area contributed by atoms with Crippen LogP contribution in [0, 0.1) is 5.82 Å². The van der Waals surface area contributed by atoms with Gasteiger partial charge in [-0.1, -0.05) is 29.4 Å². The highest BCUT2D eigenvalue weighted by molar-refractivity contribution is 7.98.